The Bertz CT molecular complexity index is 1080. The van der Waals surface area contributed by atoms with Crippen molar-refractivity contribution in [2.45, 2.75) is 70.6 Å². The molecule has 5 atom stereocenters. The van der Waals surface area contributed by atoms with Gasteiger partial charge >= 0.3 is 6.09 Å². The zero-order valence-corrected chi connectivity index (χ0v) is 20.4. The SMILES string of the molecule is C[C@H](C1C=CC(F)=C2C=CC=CC21)N(C(=O)OC(C)(C)C)[C@H]1CC[C@@H](c2ccc(C#N)cc2)C1. The summed E-state index contributed by atoms with van der Waals surface area (Å²) in [4.78, 5) is 15.4. The summed E-state index contributed by atoms with van der Waals surface area (Å²) in [5.41, 5.74) is 1.92. The fourth-order valence-electron chi connectivity index (χ4n) is 5.50. The molecule has 0 aliphatic heterocycles. The molecule has 178 valence electrons. The molecule has 0 heterocycles. The van der Waals surface area contributed by atoms with Crippen molar-refractivity contribution in [3.05, 3.63) is 83.2 Å². The Kier molecular flexibility index (Phi) is 6.79. The van der Waals surface area contributed by atoms with Gasteiger partial charge in [-0.2, -0.15) is 5.26 Å². The molecule has 5 heteroatoms. The first kappa shape index (κ1) is 24.0. The lowest BCUT2D eigenvalue weighted by atomic mass is 9.75. The van der Waals surface area contributed by atoms with Gasteiger partial charge in [-0.3, -0.25) is 0 Å². The third-order valence-corrected chi connectivity index (χ3v) is 7.13. The van der Waals surface area contributed by atoms with Crippen molar-refractivity contribution in [2.24, 2.45) is 11.8 Å². The van der Waals surface area contributed by atoms with Crippen molar-refractivity contribution in [2.75, 3.05) is 0 Å². The smallest absolute Gasteiger partial charge is 0.410 e. The standard InChI is InChI=1S/C29H33FN2O2/c1-19(24-15-16-27(30)26-8-6-5-7-25(24)26)32(28(33)34-29(2,3)4)23-14-13-22(17-23)21-11-9-20(18-31)10-12-21/h5-12,15-16,19,22-25H,13-14,17H2,1-4H3/t19-,22-,23+,24?,25?/m1/s1. The van der Waals surface area contributed by atoms with Gasteiger partial charge in [0.05, 0.1) is 11.6 Å². The average Bonchev–Trinajstić information content (AvgIpc) is 3.28. The van der Waals surface area contributed by atoms with Crippen molar-refractivity contribution in [1.29, 1.82) is 5.26 Å². The van der Waals surface area contributed by atoms with Crippen LogP contribution in [-0.2, 0) is 4.74 Å². The molecular weight excluding hydrogens is 427 g/mol. The topological polar surface area (TPSA) is 53.3 Å². The van der Waals surface area contributed by atoms with E-state index in [1.54, 1.807) is 0 Å². The van der Waals surface area contributed by atoms with E-state index in [2.05, 4.69) is 13.0 Å². The van der Waals surface area contributed by atoms with Gasteiger partial charge in [-0.25, -0.2) is 9.18 Å². The molecule has 0 N–H and O–H groups in total. The first-order valence-electron chi connectivity index (χ1n) is 12.1. The first-order chi connectivity index (χ1) is 16.2. The number of fused-ring (bicyclic) bond motifs is 1. The minimum Gasteiger partial charge on any atom is -0.444 e. The predicted octanol–water partition coefficient (Wildman–Crippen LogP) is 6.97. The van der Waals surface area contributed by atoms with E-state index in [1.165, 1.54) is 11.6 Å². The van der Waals surface area contributed by atoms with Crippen LogP contribution in [0.2, 0.25) is 0 Å². The summed E-state index contributed by atoms with van der Waals surface area (Å²) in [6, 6.07) is 9.79. The number of nitriles is 1. The van der Waals surface area contributed by atoms with Crippen molar-refractivity contribution in [3.8, 4) is 6.07 Å². The van der Waals surface area contributed by atoms with Crippen molar-refractivity contribution < 1.29 is 13.9 Å². The van der Waals surface area contributed by atoms with Crippen LogP contribution in [0.5, 0.6) is 0 Å². The number of ether oxygens (including phenoxy) is 1. The molecule has 1 saturated carbocycles. The zero-order valence-electron chi connectivity index (χ0n) is 20.4. The average molecular weight is 461 g/mol. The number of rotatable bonds is 4. The van der Waals surface area contributed by atoms with Crippen LogP contribution in [0.25, 0.3) is 0 Å². The monoisotopic (exact) mass is 460 g/mol. The maximum atomic E-state index is 14.5. The molecule has 0 radical (unpaired) electrons. The van der Waals surface area contributed by atoms with Gasteiger partial charge in [-0.15, -0.1) is 0 Å². The molecule has 1 aromatic rings. The Hall–Kier alpha value is -3.13. The summed E-state index contributed by atoms with van der Waals surface area (Å²) < 4.78 is 20.4. The van der Waals surface area contributed by atoms with Crippen molar-refractivity contribution in [1.82, 2.24) is 4.90 Å². The van der Waals surface area contributed by atoms with Gasteiger partial charge in [-0.1, -0.05) is 42.5 Å². The van der Waals surface area contributed by atoms with E-state index in [9.17, 15) is 9.18 Å². The van der Waals surface area contributed by atoms with E-state index in [1.807, 2.05) is 80.3 Å². The highest BCUT2D eigenvalue weighted by Gasteiger charge is 2.42. The molecule has 0 bridgehead atoms. The zero-order chi connectivity index (χ0) is 24.5. The second-order valence-electron chi connectivity index (χ2n) is 10.5. The highest BCUT2D eigenvalue weighted by Crippen LogP contribution is 2.42. The molecule has 3 aliphatic rings. The summed E-state index contributed by atoms with van der Waals surface area (Å²) in [5.74, 6) is -0.0374. The molecule has 1 amide bonds. The number of nitrogens with zero attached hydrogens (tertiary/aromatic N) is 2. The molecule has 0 aromatic heterocycles. The molecule has 2 unspecified atom stereocenters. The second-order valence-corrected chi connectivity index (χ2v) is 10.5. The largest absolute Gasteiger partial charge is 0.444 e. The summed E-state index contributed by atoms with van der Waals surface area (Å²) in [6.45, 7) is 7.70. The third kappa shape index (κ3) is 5.01. The molecule has 4 rings (SSSR count). The number of halogens is 1. The van der Waals surface area contributed by atoms with Gasteiger partial charge in [0.15, 0.2) is 0 Å². The molecule has 0 saturated heterocycles. The van der Waals surface area contributed by atoms with E-state index < -0.39 is 5.60 Å². The number of hydrogen-bond donors (Lipinski definition) is 0. The Morgan fingerprint density at radius 3 is 2.56 bits per heavy atom. The van der Waals surface area contributed by atoms with Crippen LogP contribution in [0.1, 0.15) is 64.0 Å². The maximum Gasteiger partial charge on any atom is 0.410 e. The van der Waals surface area contributed by atoms with Crippen LogP contribution < -0.4 is 0 Å². The van der Waals surface area contributed by atoms with Gasteiger partial charge in [0, 0.05) is 23.9 Å². The minimum absolute atomic E-state index is 0.0289. The molecular formula is C29H33FN2O2. The highest BCUT2D eigenvalue weighted by atomic mass is 19.1. The van der Waals surface area contributed by atoms with Gasteiger partial charge in [0.1, 0.15) is 11.4 Å². The van der Waals surface area contributed by atoms with E-state index >= 15 is 0 Å². The quantitative estimate of drug-likeness (QED) is 0.487. The number of benzene rings is 1. The number of hydrogen-bond acceptors (Lipinski definition) is 3. The lowest BCUT2D eigenvalue weighted by Crippen LogP contribution is -2.51. The van der Waals surface area contributed by atoms with Crippen LogP contribution in [-0.4, -0.2) is 28.7 Å². The first-order valence-corrected chi connectivity index (χ1v) is 12.1. The summed E-state index contributed by atoms with van der Waals surface area (Å²) in [5, 5.41) is 9.10. The normalized spacial score (nSPS) is 26.7. The molecule has 1 aromatic carbocycles. The third-order valence-electron chi connectivity index (χ3n) is 7.13. The Balaban J connectivity index is 1.59. The highest BCUT2D eigenvalue weighted by molar-refractivity contribution is 5.69. The molecule has 34 heavy (non-hydrogen) atoms. The van der Waals surface area contributed by atoms with Gasteiger partial charge in [0.25, 0.3) is 0 Å². The van der Waals surface area contributed by atoms with Crippen LogP contribution in [0.15, 0.2) is 72.1 Å². The predicted molar refractivity (Wildman–Crippen MR) is 132 cm³/mol. The summed E-state index contributed by atoms with van der Waals surface area (Å²) in [7, 11) is 0. The van der Waals surface area contributed by atoms with Gasteiger partial charge < -0.3 is 9.64 Å². The summed E-state index contributed by atoms with van der Waals surface area (Å²) in [6.07, 6.45) is 13.5. The van der Waals surface area contributed by atoms with Gasteiger partial charge in [-0.05, 0) is 82.2 Å². The fourth-order valence-corrected chi connectivity index (χ4v) is 5.50. The van der Waals surface area contributed by atoms with Crippen LogP contribution in [0, 0.1) is 23.2 Å². The Morgan fingerprint density at radius 1 is 1.15 bits per heavy atom. The molecule has 3 aliphatic carbocycles. The van der Waals surface area contributed by atoms with Crippen LogP contribution >= 0.6 is 0 Å². The van der Waals surface area contributed by atoms with E-state index in [4.69, 9.17) is 10.00 Å². The van der Waals surface area contributed by atoms with Crippen LogP contribution in [0.4, 0.5) is 9.18 Å². The number of amides is 1. The van der Waals surface area contributed by atoms with Crippen molar-refractivity contribution in [3.63, 3.8) is 0 Å². The molecule has 1 fully saturated rings. The summed E-state index contributed by atoms with van der Waals surface area (Å²) >= 11 is 0. The maximum absolute atomic E-state index is 14.5. The molecule has 4 nitrogen and oxygen atoms in total. The fraction of sp³-hybridized carbons (Fsp3) is 0.448. The number of carbonyl (C=O) groups is 1. The Morgan fingerprint density at radius 2 is 1.88 bits per heavy atom. The van der Waals surface area contributed by atoms with E-state index in [0.717, 1.165) is 19.3 Å². The Labute approximate surface area is 202 Å². The van der Waals surface area contributed by atoms with Gasteiger partial charge in [0.2, 0.25) is 0 Å². The van der Waals surface area contributed by atoms with E-state index in [-0.39, 0.29) is 35.8 Å². The lowest BCUT2D eigenvalue weighted by molar-refractivity contribution is 0.000920. The second kappa shape index (κ2) is 9.62. The lowest BCUT2D eigenvalue weighted by Gasteiger charge is -2.42. The van der Waals surface area contributed by atoms with Crippen molar-refractivity contribution >= 4 is 6.09 Å². The van der Waals surface area contributed by atoms with E-state index in [0.29, 0.717) is 17.1 Å². The molecule has 0 spiro atoms. The van der Waals surface area contributed by atoms with Crippen LogP contribution in [0.3, 0.4) is 0 Å². The minimum atomic E-state index is -0.604. The number of carbonyl (C=O) groups excluding carboxylic acids is 1. The number of allylic oxidation sites excluding steroid dienone is 7.